The molecule has 0 aliphatic carbocycles. The Hall–Kier alpha value is -2.14. The first-order valence-corrected chi connectivity index (χ1v) is 8.17. The second-order valence-corrected chi connectivity index (χ2v) is 6.14. The molecule has 1 amide bonds. The van der Waals surface area contributed by atoms with Crippen LogP contribution in [0.5, 0.6) is 0 Å². The molecular weight excluding hydrogens is 312 g/mol. The maximum atomic E-state index is 12.6. The highest BCUT2D eigenvalue weighted by Gasteiger charge is 2.20. The van der Waals surface area contributed by atoms with Gasteiger partial charge in [-0.1, -0.05) is 17.7 Å². The van der Waals surface area contributed by atoms with E-state index in [1.807, 2.05) is 24.0 Å². The Kier molecular flexibility index (Phi) is 4.76. The molecule has 0 atom stereocenters. The van der Waals surface area contributed by atoms with Crippen molar-refractivity contribution in [2.45, 2.75) is 26.2 Å². The molecule has 1 N–H and O–H groups in total. The van der Waals surface area contributed by atoms with E-state index < -0.39 is 0 Å². The Balaban J connectivity index is 1.82. The standard InChI is InChI=1S/C17H19ClN4O/c1-12-10-15(16(23)22-8-3-2-4-9-22)21-17(19-12)20-14-7-5-6-13(18)11-14/h5-7,10-11H,2-4,8-9H2,1H3,(H,19,20,21). The number of anilines is 2. The molecule has 2 heterocycles. The molecule has 3 rings (SSSR count). The van der Waals surface area contributed by atoms with Crippen LogP contribution in [-0.4, -0.2) is 33.9 Å². The smallest absolute Gasteiger partial charge is 0.272 e. The number of rotatable bonds is 3. The van der Waals surface area contributed by atoms with Crippen LogP contribution >= 0.6 is 11.6 Å². The van der Waals surface area contributed by atoms with Crippen LogP contribution in [0.25, 0.3) is 0 Å². The van der Waals surface area contributed by atoms with E-state index in [2.05, 4.69) is 15.3 Å². The van der Waals surface area contributed by atoms with Gasteiger partial charge in [0.25, 0.3) is 5.91 Å². The summed E-state index contributed by atoms with van der Waals surface area (Å²) in [4.78, 5) is 23.2. The monoisotopic (exact) mass is 330 g/mol. The van der Waals surface area contributed by atoms with Crippen LogP contribution in [0.1, 0.15) is 35.4 Å². The number of carbonyl (C=O) groups excluding carboxylic acids is 1. The van der Waals surface area contributed by atoms with Crippen molar-refractivity contribution in [2.75, 3.05) is 18.4 Å². The zero-order chi connectivity index (χ0) is 16.2. The average Bonchev–Trinajstić information content (AvgIpc) is 2.54. The SMILES string of the molecule is Cc1cc(C(=O)N2CCCCC2)nc(Nc2cccc(Cl)c2)n1. The number of likely N-dealkylation sites (tertiary alicyclic amines) is 1. The van der Waals surface area contributed by atoms with Crippen molar-refractivity contribution in [3.05, 3.63) is 46.7 Å². The van der Waals surface area contributed by atoms with Gasteiger partial charge in [0.2, 0.25) is 5.95 Å². The van der Waals surface area contributed by atoms with Crippen LogP contribution in [0.15, 0.2) is 30.3 Å². The Labute approximate surface area is 140 Å². The molecule has 2 aromatic rings. The van der Waals surface area contributed by atoms with Gasteiger partial charge in [-0.05, 0) is 50.5 Å². The predicted molar refractivity (Wildman–Crippen MR) is 91.3 cm³/mol. The highest BCUT2D eigenvalue weighted by molar-refractivity contribution is 6.30. The van der Waals surface area contributed by atoms with Crippen molar-refractivity contribution < 1.29 is 4.79 Å². The van der Waals surface area contributed by atoms with Crippen LogP contribution in [0.4, 0.5) is 11.6 Å². The molecule has 1 aliphatic heterocycles. The van der Waals surface area contributed by atoms with Gasteiger partial charge in [-0.25, -0.2) is 9.97 Å². The topological polar surface area (TPSA) is 58.1 Å². The van der Waals surface area contributed by atoms with E-state index in [1.165, 1.54) is 6.42 Å². The maximum absolute atomic E-state index is 12.6. The van der Waals surface area contributed by atoms with Gasteiger partial charge in [-0.15, -0.1) is 0 Å². The minimum Gasteiger partial charge on any atom is -0.337 e. The second-order valence-electron chi connectivity index (χ2n) is 5.71. The molecule has 1 aromatic heterocycles. The molecule has 5 nitrogen and oxygen atoms in total. The van der Waals surface area contributed by atoms with E-state index in [9.17, 15) is 4.79 Å². The van der Waals surface area contributed by atoms with E-state index in [-0.39, 0.29) is 5.91 Å². The lowest BCUT2D eigenvalue weighted by Gasteiger charge is -2.26. The molecule has 1 fully saturated rings. The fourth-order valence-corrected chi connectivity index (χ4v) is 2.88. The zero-order valence-electron chi connectivity index (χ0n) is 13.1. The van der Waals surface area contributed by atoms with Crippen molar-refractivity contribution in [3.8, 4) is 0 Å². The number of halogens is 1. The van der Waals surface area contributed by atoms with Crippen LogP contribution in [-0.2, 0) is 0 Å². The van der Waals surface area contributed by atoms with Crippen LogP contribution in [0, 0.1) is 6.92 Å². The molecular formula is C17H19ClN4O. The number of hydrogen-bond acceptors (Lipinski definition) is 4. The van der Waals surface area contributed by atoms with E-state index in [0.717, 1.165) is 37.3 Å². The van der Waals surface area contributed by atoms with Crippen molar-refractivity contribution >= 4 is 29.1 Å². The molecule has 1 saturated heterocycles. The summed E-state index contributed by atoms with van der Waals surface area (Å²) in [6, 6.07) is 9.05. The minimum absolute atomic E-state index is 0.0238. The molecule has 1 aromatic carbocycles. The summed E-state index contributed by atoms with van der Waals surface area (Å²) < 4.78 is 0. The summed E-state index contributed by atoms with van der Waals surface area (Å²) in [5.74, 6) is 0.386. The molecule has 0 unspecified atom stereocenters. The Morgan fingerprint density at radius 2 is 1.96 bits per heavy atom. The highest BCUT2D eigenvalue weighted by atomic mass is 35.5. The lowest BCUT2D eigenvalue weighted by atomic mass is 10.1. The minimum atomic E-state index is -0.0238. The number of nitrogens with zero attached hydrogens (tertiary/aromatic N) is 3. The lowest BCUT2D eigenvalue weighted by Crippen LogP contribution is -2.36. The summed E-state index contributed by atoms with van der Waals surface area (Å²) in [6.45, 7) is 3.47. The van der Waals surface area contributed by atoms with Gasteiger partial charge in [0.15, 0.2) is 0 Å². The molecule has 0 saturated carbocycles. The van der Waals surface area contributed by atoms with Gasteiger partial charge < -0.3 is 10.2 Å². The number of aryl methyl sites for hydroxylation is 1. The Bertz CT molecular complexity index is 713. The molecule has 0 radical (unpaired) electrons. The van der Waals surface area contributed by atoms with Crippen molar-refractivity contribution in [1.82, 2.24) is 14.9 Å². The van der Waals surface area contributed by atoms with Gasteiger partial charge in [-0.3, -0.25) is 4.79 Å². The van der Waals surface area contributed by atoms with E-state index >= 15 is 0 Å². The molecule has 23 heavy (non-hydrogen) atoms. The summed E-state index contributed by atoms with van der Waals surface area (Å²) in [6.07, 6.45) is 3.31. The van der Waals surface area contributed by atoms with Gasteiger partial charge >= 0.3 is 0 Å². The Morgan fingerprint density at radius 1 is 1.17 bits per heavy atom. The first kappa shape index (κ1) is 15.7. The fraction of sp³-hybridized carbons (Fsp3) is 0.353. The maximum Gasteiger partial charge on any atom is 0.272 e. The largest absolute Gasteiger partial charge is 0.337 e. The van der Waals surface area contributed by atoms with Crippen LogP contribution in [0.3, 0.4) is 0 Å². The number of benzene rings is 1. The third kappa shape index (κ3) is 3.99. The van der Waals surface area contributed by atoms with Crippen LogP contribution < -0.4 is 5.32 Å². The molecule has 1 aliphatic rings. The van der Waals surface area contributed by atoms with Crippen molar-refractivity contribution in [2.24, 2.45) is 0 Å². The van der Waals surface area contributed by atoms with Gasteiger partial charge in [0, 0.05) is 29.5 Å². The summed E-state index contributed by atoms with van der Waals surface area (Å²) in [7, 11) is 0. The average molecular weight is 331 g/mol. The molecule has 120 valence electrons. The lowest BCUT2D eigenvalue weighted by molar-refractivity contribution is 0.0718. The second kappa shape index (κ2) is 6.96. The number of nitrogens with one attached hydrogen (secondary N) is 1. The third-order valence-corrected chi connectivity index (χ3v) is 4.03. The Morgan fingerprint density at radius 3 is 2.70 bits per heavy atom. The van der Waals surface area contributed by atoms with Crippen LogP contribution in [0.2, 0.25) is 5.02 Å². The normalized spacial score (nSPS) is 14.6. The number of piperidine rings is 1. The van der Waals surface area contributed by atoms with E-state index in [1.54, 1.807) is 18.2 Å². The van der Waals surface area contributed by atoms with Gasteiger partial charge in [-0.2, -0.15) is 0 Å². The fourth-order valence-electron chi connectivity index (χ4n) is 2.69. The summed E-state index contributed by atoms with van der Waals surface area (Å²) >= 11 is 5.98. The highest BCUT2D eigenvalue weighted by Crippen LogP contribution is 2.19. The number of amides is 1. The number of aromatic nitrogens is 2. The third-order valence-electron chi connectivity index (χ3n) is 3.80. The number of hydrogen-bond donors (Lipinski definition) is 1. The first-order valence-electron chi connectivity index (χ1n) is 7.79. The predicted octanol–water partition coefficient (Wildman–Crippen LogP) is 3.81. The van der Waals surface area contributed by atoms with E-state index in [0.29, 0.717) is 16.7 Å². The molecule has 0 spiro atoms. The van der Waals surface area contributed by atoms with Crippen molar-refractivity contribution in [1.29, 1.82) is 0 Å². The summed E-state index contributed by atoms with van der Waals surface area (Å²) in [5, 5.41) is 3.74. The zero-order valence-corrected chi connectivity index (χ0v) is 13.8. The van der Waals surface area contributed by atoms with E-state index in [4.69, 9.17) is 11.6 Å². The first-order chi connectivity index (χ1) is 11.1. The van der Waals surface area contributed by atoms with Gasteiger partial charge in [0.1, 0.15) is 5.69 Å². The van der Waals surface area contributed by atoms with Gasteiger partial charge in [0.05, 0.1) is 0 Å². The quantitative estimate of drug-likeness (QED) is 0.929. The van der Waals surface area contributed by atoms with Crippen molar-refractivity contribution in [3.63, 3.8) is 0 Å². The molecule has 0 bridgehead atoms. The number of carbonyl (C=O) groups is 1. The molecule has 6 heteroatoms. The summed E-state index contributed by atoms with van der Waals surface area (Å²) in [5.41, 5.74) is 1.98.